The molecule has 0 amide bonds. The second kappa shape index (κ2) is 6.66. The summed E-state index contributed by atoms with van der Waals surface area (Å²) in [6.07, 6.45) is 6.49. The van der Waals surface area contributed by atoms with Crippen LogP contribution in [0, 0.1) is 0 Å². The smallest absolute Gasteiger partial charge is 0.0976 e. The van der Waals surface area contributed by atoms with E-state index in [0.717, 1.165) is 24.9 Å². The minimum Gasteiger partial charge on any atom is -0.314 e. The number of nitrogens with zero attached hydrogens (tertiary/aromatic N) is 1. The summed E-state index contributed by atoms with van der Waals surface area (Å²) in [7, 11) is 0. The lowest BCUT2D eigenvalue weighted by Gasteiger charge is -2.04. The Balaban J connectivity index is 1.81. The molecule has 0 radical (unpaired) electrons. The molecule has 0 bridgehead atoms. The summed E-state index contributed by atoms with van der Waals surface area (Å²) in [4.78, 5) is 4.61. The fourth-order valence-corrected chi connectivity index (χ4v) is 2.71. The first-order valence-corrected chi connectivity index (χ1v) is 7.30. The molecule has 0 atom stereocenters. The molecule has 0 aliphatic carbocycles. The molecule has 2 nitrogen and oxygen atoms in total. The minimum atomic E-state index is 0.572. The molecule has 2 aromatic rings. The monoisotopic (exact) mass is 260 g/mol. The summed E-state index contributed by atoms with van der Waals surface area (Å²) >= 11 is 1.79. The van der Waals surface area contributed by atoms with E-state index < -0.39 is 0 Å². The molecule has 0 fully saturated rings. The van der Waals surface area contributed by atoms with Crippen LogP contribution in [0.4, 0.5) is 0 Å². The van der Waals surface area contributed by atoms with Crippen LogP contribution in [0.25, 0.3) is 10.2 Å². The molecular weight excluding hydrogens is 240 g/mol. The van der Waals surface area contributed by atoms with Gasteiger partial charge < -0.3 is 5.32 Å². The summed E-state index contributed by atoms with van der Waals surface area (Å²) in [6, 6.07) is 8.89. The van der Waals surface area contributed by atoms with E-state index in [4.69, 9.17) is 0 Å². The highest BCUT2D eigenvalue weighted by molar-refractivity contribution is 7.18. The summed E-state index contributed by atoms with van der Waals surface area (Å²) in [5, 5.41) is 4.60. The number of para-hydroxylation sites is 1. The Bertz CT molecular complexity index is 481. The Morgan fingerprint density at radius 1 is 1.28 bits per heavy atom. The van der Waals surface area contributed by atoms with Crippen LogP contribution in [0.2, 0.25) is 0 Å². The highest BCUT2D eigenvalue weighted by Crippen LogP contribution is 2.21. The fourth-order valence-electron chi connectivity index (χ4n) is 1.76. The first-order chi connectivity index (χ1) is 8.75. The fraction of sp³-hybridized carbons (Fsp3) is 0.400. The van der Waals surface area contributed by atoms with Crippen molar-refractivity contribution in [2.45, 2.75) is 32.7 Å². The second-order valence-electron chi connectivity index (χ2n) is 4.65. The lowest BCUT2D eigenvalue weighted by Crippen LogP contribution is -2.23. The van der Waals surface area contributed by atoms with Crippen molar-refractivity contribution in [3.63, 3.8) is 0 Å². The van der Waals surface area contributed by atoms with E-state index in [2.05, 4.69) is 54.5 Å². The average Bonchev–Trinajstić information content (AvgIpc) is 2.75. The predicted molar refractivity (Wildman–Crippen MR) is 80.2 cm³/mol. The van der Waals surface area contributed by atoms with E-state index in [1.807, 2.05) is 6.07 Å². The number of rotatable bonds is 6. The third kappa shape index (κ3) is 3.93. The molecule has 0 unspecified atom stereocenters. The first-order valence-electron chi connectivity index (χ1n) is 6.48. The maximum absolute atomic E-state index is 4.61. The van der Waals surface area contributed by atoms with Crippen LogP contribution in [-0.2, 0) is 6.42 Å². The third-order valence-corrected chi connectivity index (χ3v) is 3.72. The van der Waals surface area contributed by atoms with E-state index in [9.17, 15) is 0 Å². The van der Waals surface area contributed by atoms with Crippen molar-refractivity contribution in [3.05, 3.63) is 41.4 Å². The van der Waals surface area contributed by atoms with E-state index in [-0.39, 0.29) is 0 Å². The number of fused-ring (bicyclic) bond motifs is 1. The van der Waals surface area contributed by atoms with E-state index in [1.165, 1.54) is 9.71 Å². The van der Waals surface area contributed by atoms with Crippen LogP contribution in [0.15, 0.2) is 36.4 Å². The third-order valence-electron chi connectivity index (χ3n) is 2.66. The van der Waals surface area contributed by atoms with Gasteiger partial charge >= 0.3 is 0 Å². The summed E-state index contributed by atoms with van der Waals surface area (Å²) in [5.41, 5.74) is 1.12. The van der Waals surface area contributed by atoms with Gasteiger partial charge in [0, 0.05) is 12.5 Å². The van der Waals surface area contributed by atoms with Crippen LogP contribution in [0.5, 0.6) is 0 Å². The molecule has 0 saturated carbocycles. The van der Waals surface area contributed by atoms with Crippen molar-refractivity contribution >= 4 is 21.6 Å². The van der Waals surface area contributed by atoms with Gasteiger partial charge in [0.1, 0.15) is 0 Å². The lowest BCUT2D eigenvalue weighted by molar-refractivity contribution is 0.594. The van der Waals surface area contributed by atoms with Gasteiger partial charge in [-0.3, -0.25) is 0 Å². The molecule has 0 saturated heterocycles. The Kier molecular flexibility index (Phi) is 4.90. The summed E-state index contributed by atoms with van der Waals surface area (Å²) in [5.74, 6) is 0. The van der Waals surface area contributed by atoms with Gasteiger partial charge in [0.15, 0.2) is 0 Å². The van der Waals surface area contributed by atoms with Gasteiger partial charge in [-0.15, -0.1) is 11.3 Å². The average molecular weight is 260 g/mol. The van der Waals surface area contributed by atoms with Crippen LogP contribution in [0.3, 0.4) is 0 Å². The molecule has 0 spiro atoms. The summed E-state index contributed by atoms with van der Waals surface area (Å²) in [6.45, 7) is 5.39. The number of thiazole rings is 1. The highest BCUT2D eigenvalue weighted by Gasteiger charge is 2.00. The number of hydrogen-bond acceptors (Lipinski definition) is 3. The maximum atomic E-state index is 4.61. The molecule has 1 heterocycles. The topological polar surface area (TPSA) is 24.9 Å². The molecule has 3 heteroatoms. The molecule has 0 aliphatic heterocycles. The van der Waals surface area contributed by atoms with E-state index in [0.29, 0.717) is 6.04 Å². The molecule has 0 aliphatic rings. The van der Waals surface area contributed by atoms with Gasteiger partial charge in [-0.1, -0.05) is 38.1 Å². The molecule has 1 aromatic heterocycles. The zero-order chi connectivity index (χ0) is 12.8. The van der Waals surface area contributed by atoms with Crippen molar-refractivity contribution in [1.29, 1.82) is 0 Å². The number of allylic oxidation sites excluding steroid dienone is 1. The quantitative estimate of drug-likeness (QED) is 0.631. The zero-order valence-corrected chi connectivity index (χ0v) is 11.8. The largest absolute Gasteiger partial charge is 0.314 e. The highest BCUT2D eigenvalue weighted by atomic mass is 32.1. The standard InChI is InChI=1S/C15H20N2S/c1-12(2)16-11-7-3-4-10-15-17-13-8-5-6-9-14(13)18-15/h3-6,8-9,12,16H,7,10-11H2,1-2H3. The molecule has 1 N–H and O–H groups in total. The van der Waals surface area contributed by atoms with Gasteiger partial charge in [-0.2, -0.15) is 0 Å². The van der Waals surface area contributed by atoms with Gasteiger partial charge in [0.25, 0.3) is 0 Å². The normalized spacial score (nSPS) is 11.9. The Morgan fingerprint density at radius 2 is 2.11 bits per heavy atom. The first kappa shape index (κ1) is 13.2. The Labute approximate surface area is 113 Å². The number of aromatic nitrogens is 1. The predicted octanol–water partition coefficient (Wildman–Crippen LogP) is 3.78. The van der Waals surface area contributed by atoms with Crippen molar-refractivity contribution in [2.75, 3.05) is 6.54 Å². The minimum absolute atomic E-state index is 0.572. The van der Waals surface area contributed by atoms with Crippen molar-refractivity contribution in [1.82, 2.24) is 10.3 Å². The Morgan fingerprint density at radius 3 is 2.89 bits per heavy atom. The number of benzene rings is 1. The number of nitrogens with one attached hydrogen (secondary N) is 1. The zero-order valence-electron chi connectivity index (χ0n) is 11.0. The van der Waals surface area contributed by atoms with Crippen LogP contribution in [-0.4, -0.2) is 17.6 Å². The van der Waals surface area contributed by atoms with Crippen molar-refractivity contribution < 1.29 is 0 Å². The number of hydrogen-bond donors (Lipinski definition) is 1. The molecule has 1 aromatic carbocycles. The Hall–Kier alpha value is -1.19. The van der Waals surface area contributed by atoms with Crippen LogP contribution < -0.4 is 5.32 Å². The lowest BCUT2D eigenvalue weighted by atomic mass is 10.3. The summed E-state index contributed by atoms with van der Waals surface area (Å²) < 4.78 is 1.28. The second-order valence-corrected chi connectivity index (χ2v) is 5.76. The van der Waals surface area contributed by atoms with Crippen molar-refractivity contribution in [3.8, 4) is 0 Å². The van der Waals surface area contributed by atoms with Gasteiger partial charge in [-0.25, -0.2) is 4.98 Å². The van der Waals surface area contributed by atoms with Gasteiger partial charge in [0.2, 0.25) is 0 Å². The SMILES string of the molecule is CC(C)NCCC=CCc1nc2ccccc2s1. The molecule has 2 rings (SSSR count). The molecular formula is C15H20N2S. The maximum Gasteiger partial charge on any atom is 0.0976 e. The van der Waals surface area contributed by atoms with E-state index in [1.54, 1.807) is 11.3 Å². The van der Waals surface area contributed by atoms with Crippen LogP contribution >= 0.6 is 11.3 Å². The van der Waals surface area contributed by atoms with E-state index >= 15 is 0 Å². The van der Waals surface area contributed by atoms with Crippen LogP contribution in [0.1, 0.15) is 25.3 Å². The van der Waals surface area contributed by atoms with Crippen molar-refractivity contribution in [2.24, 2.45) is 0 Å². The molecule has 18 heavy (non-hydrogen) atoms. The molecule has 96 valence electrons. The van der Waals surface area contributed by atoms with Gasteiger partial charge in [-0.05, 0) is 25.1 Å². The van der Waals surface area contributed by atoms with Gasteiger partial charge in [0.05, 0.1) is 15.2 Å².